The molecule has 0 bridgehead atoms. The van der Waals surface area contributed by atoms with Gasteiger partial charge in [0.2, 0.25) is 5.91 Å². The van der Waals surface area contributed by atoms with Crippen LogP contribution in [0.2, 0.25) is 0 Å². The Balaban J connectivity index is 1.93. The van der Waals surface area contributed by atoms with Crippen molar-refractivity contribution in [3.63, 3.8) is 0 Å². The molecule has 6 nitrogen and oxygen atoms in total. The van der Waals surface area contributed by atoms with Gasteiger partial charge in [0.05, 0.1) is 29.7 Å². The third kappa shape index (κ3) is 5.22. The van der Waals surface area contributed by atoms with Gasteiger partial charge in [0.15, 0.2) is 0 Å². The number of benzene rings is 1. The number of nitrogens with zero attached hydrogens (tertiary/aromatic N) is 2. The number of esters is 1. The third-order valence-corrected chi connectivity index (χ3v) is 3.17. The van der Waals surface area contributed by atoms with Crippen LogP contribution in [0.5, 0.6) is 0 Å². The lowest BCUT2D eigenvalue weighted by Crippen LogP contribution is -2.24. The van der Waals surface area contributed by atoms with Crippen molar-refractivity contribution in [1.29, 1.82) is 0 Å². The highest BCUT2D eigenvalue weighted by Gasteiger charge is 2.17. The van der Waals surface area contributed by atoms with Crippen molar-refractivity contribution < 1.29 is 14.3 Å². The fourth-order valence-corrected chi connectivity index (χ4v) is 2.12. The van der Waals surface area contributed by atoms with Crippen molar-refractivity contribution in [1.82, 2.24) is 9.78 Å². The second-order valence-corrected chi connectivity index (χ2v) is 6.54. The fourth-order valence-electron chi connectivity index (χ4n) is 2.12. The van der Waals surface area contributed by atoms with E-state index in [4.69, 9.17) is 4.74 Å². The molecule has 0 radical (unpaired) electrons. The number of hydrogen-bond donors (Lipinski definition) is 1. The van der Waals surface area contributed by atoms with Crippen LogP contribution >= 0.6 is 0 Å². The first-order chi connectivity index (χ1) is 11.2. The van der Waals surface area contributed by atoms with Gasteiger partial charge >= 0.3 is 5.97 Å². The number of nitrogens with one attached hydrogen (secondary N) is 1. The number of para-hydroxylation sites is 1. The molecule has 1 heterocycles. The molecule has 0 aliphatic heterocycles. The zero-order chi connectivity index (χ0) is 17.7. The standard InChI is InChI=1S/C18H23N3O3/c1-13-15(12-21(20-13)14-8-6-5-7-9-14)19-16(22)10-11-17(23)24-18(2,3)4/h5-9,12H,10-11H2,1-4H3,(H,19,22). The molecule has 2 aromatic rings. The van der Waals surface area contributed by atoms with E-state index in [1.807, 2.05) is 37.3 Å². The molecule has 0 saturated heterocycles. The van der Waals surface area contributed by atoms with E-state index in [-0.39, 0.29) is 24.7 Å². The lowest BCUT2D eigenvalue weighted by Gasteiger charge is -2.19. The van der Waals surface area contributed by atoms with Crippen molar-refractivity contribution in [3.8, 4) is 5.69 Å². The second kappa shape index (κ2) is 7.29. The fraction of sp³-hybridized carbons (Fsp3) is 0.389. The van der Waals surface area contributed by atoms with E-state index in [0.717, 1.165) is 5.69 Å². The number of amides is 1. The molecule has 6 heteroatoms. The van der Waals surface area contributed by atoms with Crippen LogP contribution in [0.15, 0.2) is 36.5 Å². The SMILES string of the molecule is Cc1nn(-c2ccccc2)cc1NC(=O)CCC(=O)OC(C)(C)C. The highest BCUT2D eigenvalue weighted by molar-refractivity contribution is 5.93. The largest absolute Gasteiger partial charge is 0.460 e. The van der Waals surface area contributed by atoms with Crippen LogP contribution in [0, 0.1) is 6.92 Å². The highest BCUT2D eigenvalue weighted by atomic mass is 16.6. The van der Waals surface area contributed by atoms with Crippen LogP contribution in [0.3, 0.4) is 0 Å². The summed E-state index contributed by atoms with van der Waals surface area (Å²) in [6.07, 6.45) is 1.88. The van der Waals surface area contributed by atoms with Crippen LogP contribution < -0.4 is 5.32 Å². The zero-order valence-electron chi connectivity index (χ0n) is 14.5. The number of ether oxygens (including phenoxy) is 1. The Labute approximate surface area is 141 Å². The summed E-state index contributed by atoms with van der Waals surface area (Å²) >= 11 is 0. The third-order valence-electron chi connectivity index (χ3n) is 3.17. The van der Waals surface area contributed by atoms with Crippen LogP contribution in [-0.2, 0) is 14.3 Å². The van der Waals surface area contributed by atoms with Gasteiger partial charge in [-0.05, 0) is 39.8 Å². The number of hydrogen-bond acceptors (Lipinski definition) is 4. The molecular weight excluding hydrogens is 306 g/mol. The Bertz CT molecular complexity index is 715. The van der Waals surface area contributed by atoms with Crippen molar-refractivity contribution >= 4 is 17.6 Å². The summed E-state index contributed by atoms with van der Waals surface area (Å²) in [5, 5.41) is 7.18. The van der Waals surface area contributed by atoms with Crippen molar-refractivity contribution in [2.24, 2.45) is 0 Å². The van der Waals surface area contributed by atoms with Gasteiger partial charge in [-0.15, -0.1) is 0 Å². The summed E-state index contributed by atoms with van der Waals surface area (Å²) in [6, 6.07) is 9.64. The van der Waals surface area contributed by atoms with Crippen LogP contribution in [-0.4, -0.2) is 27.3 Å². The maximum atomic E-state index is 12.0. The van der Waals surface area contributed by atoms with Gasteiger partial charge in [0.1, 0.15) is 5.60 Å². The van der Waals surface area contributed by atoms with E-state index in [1.165, 1.54) is 0 Å². The van der Waals surface area contributed by atoms with E-state index in [1.54, 1.807) is 31.6 Å². The average Bonchev–Trinajstić information content (AvgIpc) is 2.85. The molecule has 1 amide bonds. The number of carbonyl (C=O) groups excluding carboxylic acids is 2. The lowest BCUT2D eigenvalue weighted by molar-refractivity contribution is -0.155. The molecule has 1 N–H and O–H groups in total. The number of aryl methyl sites for hydroxylation is 1. The minimum absolute atomic E-state index is 0.0506. The molecule has 0 saturated carbocycles. The van der Waals surface area contributed by atoms with Gasteiger partial charge in [-0.3, -0.25) is 9.59 Å². The molecule has 0 unspecified atom stereocenters. The number of anilines is 1. The Kier molecular flexibility index (Phi) is 5.39. The first-order valence-electron chi connectivity index (χ1n) is 7.88. The maximum Gasteiger partial charge on any atom is 0.306 e. The predicted octanol–water partition coefficient (Wildman–Crippen LogP) is 3.24. The van der Waals surface area contributed by atoms with E-state index < -0.39 is 5.60 Å². The van der Waals surface area contributed by atoms with Gasteiger partial charge in [0, 0.05) is 6.42 Å². The van der Waals surface area contributed by atoms with Gasteiger partial charge in [-0.1, -0.05) is 18.2 Å². The first-order valence-corrected chi connectivity index (χ1v) is 7.88. The minimum Gasteiger partial charge on any atom is -0.460 e. The van der Waals surface area contributed by atoms with Crippen LogP contribution in [0.4, 0.5) is 5.69 Å². The minimum atomic E-state index is -0.541. The molecule has 0 atom stereocenters. The smallest absolute Gasteiger partial charge is 0.306 e. The molecule has 0 spiro atoms. The molecular formula is C18H23N3O3. The molecule has 128 valence electrons. The van der Waals surface area contributed by atoms with Crippen LogP contribution in [0.1, 0.15) is 39.3 Å². The summed E-state index contributed by atoms with van der Waals surface area (Å²) in [6.45, 7) is 7.22. The van der Waals surface area contributed by atoms with Crippen molar-refractivity contribution in [2.45, 2.75) is 46.1 Å². The van der Waals surface area contributed by atoms with E-state index in [2.05, 4.69) is 10.4 Å². The van der Waals surface area contributed by atoms with Gasteiger partial charge in [-0.2, -0.15) is 5.10 Å². The summed E-state index contributed by atoms with van der Waals surface area (Å²) < 4.78 is 6.90. The van der Waals surface area contributed by atoms with Gasteiger partial charge in [-0.25, -0.2) is 4.68 Å². The molecule has 1 aromatic carbocycles. The molecule has 2 rings (SSSR count). The molecule has 1 aromatic heterocycles. The molecule has 0 aliphatic carbocycles. The molecule has 0 aliphatic rings. The van der Waals surface area contributed by atoms with Gasteiger partial charge < -0.3 is 10.1 Å². The Hall–Kier alpha value is -2.63. The summed E-state index contributed by atoms with van der Waals surface area (Å²) in [5.41, 5.74) is 1.72. The Morgan fingerprint density at radius 2 is 1.83 bits per heavy atom. The summed E-state index contributed by atoms with van der Waals surface area (Å²) in [7, 11) is 0. The van der Waals surface area contributed by atoms with Crippen molar-refractivity contribution in [2.75, 3.05) is 5.32 Å². The molecule has 0 fully saturated rings. The lowest BCUT2D eigenvalue weighted by atomic mass is 10.2. The average molecular weight is 329 g/mol. The number of carbonyl (C=O) groups is 2. The Morgan fingerprint density at radius 1 is 1.17 bits per heavy atom. The normalized spacial score (nSPS) is 11.2. The second-order valence-electron chi connectivity index (χ2n) is 6.54. The molecule has 24 heavy (non-hydrogen) atoms. The Morgan fingerprint density at radius 3 is 2.46 bits per heavy atom. The predicted molar refractivity (Wildman–Crippen MR) is 92.0 cm³/mol. The first kappa shape index (κ1) is 17.7. The summed E-state index contributed by atoms with van der Waals surface area (Å²) in [4.78, 5) is 23.7. The zero-order valence-corrected chi connectivity index (χ0v) is 14.5. The van der Waals surface area contributed by atoms with Crippen LogP contribution in [0.25, 0.3) is 5.69 Å². The van der Waals surface area contributed by atoms with E-state index >= 15 is 0 Å². The van der Waals surface area contributed by atoms with E-state index in [0.29, 0.717) is 11.4 Å². The van der Waals surface area contributed by atoms with Gasteiger partial charge in [0.25, 0.3) is 0 Å². The van der Waals surface area contributed by atoms with E-state index in [9.17, 15) is 9.59 Å². The number of rotatable bonds is 5. The summed E-state index contributed by atoms with van der Waals surface area (Å²) in [5.74, 6) is -0.620. The number of aromatic nitrogens is 2. The highest BCUT2D eigenvalue weighted by Crippen LogP contribution is 2.17. The topological polar surface area (TPSA) is 73.2 Å². The van der Waals surface area contributed by atoms with Crippen molar-refractivity contribution in [3.05, 3.63) is 42.2 Å². The monoisotopic (exact) mass is 329 g/mol. The quantitative estimate of drug-likeness (QED) is 0.855. The maximum absolute atomic E-state index is 12.0.